The second-order valence-corrected chi connectivity index (χ2v) is 4.90. The van der Waals surface area contributed by atoms with Crippen molar-refractivity contribution in [1.82, 2.24) is 5.32 Å². The SMILES string of the molecule is CCNC1CCN(c2cccc(N(C)C)c2)C1. The van der Waals surface area contributed by atoms with Gasteiger partial charge >= 0.3 is 0 Å². The largest absolute Gasteiger partial charge is 0.378 e. The molecular formula is C14H23N3. The lowest BCUT2D eigenvalue weighted by atomic mass is 10.2. The average molecular weight is 233 g/mol. The van der Waals surface area contributed by atoms with Gasteiger partial charge in [0.2, 0.25) is 0 Å². The summed E-state index contributed by atoms with van der Waals surface area (Å²) in [6, 6.07) is 9.44. The van der Waals surface area contributed by atoms with E-state index in [0.717, 1.165) is 19.6 Å². The van der Waals surface area contributed by atoms with E-state index < -0.39 is 0 Å². The summed E-state index contributed by atoms with van der Waals surface area (Å²) < 4.78 is 0. The second-order valence-electron chi connectivity index (χ2n) is 4.90. The Morgan fingerprint density at radius 3 is 2.94 bits per heavy atom. The molecule has 0 amide bonds. The first-order valence-electron chi connectivity index (χ1n) is 6.46. The van der Waals surface area contributed by atoms with Crippen LogP contribution in [-0.4, -0.2) is 39.8 Å². The predicted octanol–water partition coefficient (Wildman–Crippen LogP) is 1.94. The summed E-state index contributed by atoms with van der Waals surface area (Å²) in [6.07, 6.45) is 1.25. The molecule has 1 aliphatic rings. The van der Waals surface area contributed by atoms with Crippen LogP contribution in [0.5, 0.6) is 0 Å². The van der Waals surface area contributed by atoms with Crippen molar-refractivity contribution >= 4 is 11.4 Å². The lowest BCUT2D eigenvalue weighted by Gasteiger charge is -2.21. The summed E-state index contributed by atoms with van der Waals surface area (Å²) in [7, 11) is 4.18. The Kier molecular flexibility index (Phi) is 3.89. The summed E-state index contributed by atoms with van der Waals surface area (Å²) in [5, 5.41) is 3.53. The second kappa shape index (κ2) is 5.41. The van der Waals surface area contributed by atoms with Gasteiger partial charge in [-0.05, 0) is 31.2 Å². The van der Waals surface area contributed by atoms with Gasteiger partial charge in [-0.2, -0.15) is 0 Å². The molecule has 0 bridgehead atoms. The Labute approximate surface area is 104 Å². The Morgan fingerprint density at radius 1 is 1.41 bits per heavy atom. The fourth-order valence-electron chi connectivity index (χ4n) is 2.42. The summed E-state index contributed by atoms with van der Waals surface area (Å²) in [5.41, 5.74) is 2.62. The molecule has 2 rings (SSSR count). The molecule has 0 radical (unpaired) electrons. The highest BCUT2D eigenvalue weighted by atomic mass is 15.2. The number of anilines is 2. The van der Waals surface area contributed by atoms with E-state index in [1.54, 1.807) is 0 Å². The van der Waals surface area contributed by atoms with Crippen LogP contribution in [0.3, 0.4) is 0 Å². The Hall–Kier alpha value is -1.22. The fraction of sp³-hybridized carbons (Fsp3) is 0.571. The molecule has 1 aliphatic heterocycles. The highest BCUT2D eigenvalue weighted by molar-refractivity contribution is 5.59. The van der Waals surface area contributed by atoms with Crippen molar-refractivity contribution in [3.05, 3.63) is 24.3 Å². The van der Waals surface area contributed by atoms with Crippen molar-refractivity contribution in [2.75, 3.05) is 43.5 Å². The molecule has 17 heavy (non-hydrogen) atoms. The first-order valence-corrected chi connectivity index (χ1v) is 6.46. The summed E-state index contributed by atoms with van der Waals surface area (Å²) in [6.45, 7) is 5.53. The Bertz CT molecular complexity index is 362. The summed E-state index contributed by atoms with van der Waals surface area (Å²) in [5.74, 6) is 0. The third kappa shape index (κ3) is 2.91. The number of benzene rings is 1. The molecule has 1 N–H and O–H groups in total. The zero-order chi connectivity index (χ0) is 12.3. The minimum absolute atomic E-state index is 0.656. The number of nitrogens with one attached hydrogen (secondary N) is 1. The maximum atomic E-state index is 3.53. The van der Waals surface area contributed by atoms with Gasteiger partial charge in [0, 0.05) is 44.6 Å². The standard InChI is InChI=1S/C14H23N3/c1-4-15-12-8-9-17(11-12)14-7-5-6-13(10-14)16(2)3/h5-7,10,12,15H,4,8-9,11H2,1-3H3. The lowest BCUT2D eigenvalue weighted by molar-refractivity contribution is 0.572. The lowest BCUT2D eigenvalue weighted by Crippen LogP contribution is -2.32. The molecule has 1 atom stereocenters. The van der Waals surface area contributed by atoms with Gasteiger partial charge in [-0.15, -0.1) is 0 Å². The molecule has 0 saturated carbocycles. The van der Waals surface area contributed by atoms with E-state index >= 15 is 0 Å². The van der Waals surface area contributed by atoms with E-state index in [0.29, 0.717) is 6.04 Å². The minimum Gasteiger partial charge on any atom is -0.378 e. The van der Waals surface area contributed by atoms with E-state index in [4.69, 9.17) is 0 Å². The van der Waals surface area contributed by atoms with Crippen LogP contribution in [-0.2, 0) is 0 Å². The molecule has 1 fully saturated rings. The third-order valence-corrected chi connectivity index (χ3v) is 3.39. The molecule has 1 heterocycles. The van der Waals surface area contributed by atoms with Gasteiger partial charge in [-0.3, -0.25) is 0 Å². The summed E-state index contributed by atoms with van der Waals surface area (Å²) >= 11 is 0. The van der Waals surface area contributed by atoms with Crippen molar-refractivity contribution in [3.8, 4) is 0 Å². The zero-order valence-corrected chi connectivity index (χ0v) is 11.1. The monoisotopic (exact) mass is 233 g/mol. The highest BCUT2D eigenvalue weighted by Gasteiger charge is 2.21. The van der Waals surface area contributed by atoms with Crippen LogP contribution >= 0.6 is 0 Å². The molecule has 3 nitrogen and oxygen atoms in total. The van der Waals surface area contributed by atoms with Crippen LogP contribution in [0, 0.1) is 0 Å². The third-order valence-electron chi connectivity index (χ3n) is 3.39. The number of rotatable bonds is 4. The maximum absolute atomic E-state index is 3.53. The van der Waals surface area contributed by atoms with Gasteiger partial charge in [0.25, 0.3) is 0 Å². The molecule has 0 aliphatic carbocycles. The molecular weight excluding hydrogens is 210 g/mol. The van der Waals surface area contributed by atoms with E-state index in [1.165, 1.54) is 17.8 Å². The van der Waals surface area contributed by atoms with Crippen molar-refractivity contribution in [3.63, 3.8) is 0 Å². The zero-order valence-electron chi connectivity index (χ0n) is 11.1. The first kappa shape index (κ1) is 12.2. The highest BCUT2D eigenvalue weighted by Crippen LogP contribution is 2.24. The van der Waals surface area contributed by atoms with Crippen LogP contribution in [0.1, 0.15) is 13.3 Å². The average Bonchev–Trinajstić information content (AvgIpc) is 2.78. The van der Waals surface area contributed by atoms with Gasteiger partial charge in [0.05, 0.1) is 0 Å². The molecule has 1 unspecified atom stereocenters. The van der Waals surface area contributed by atoms with Crippen molar-refractivity contribution in [1.29, 1.82) is 0 Å². The topological polar surface area (TPSA) is 18.5 Å². The Morgan fingerprint density at radius 2 is 2.24 bits per heavy atom. The maximum Gasteiger partial charge on any atom is 0.0387 e. The van der Waals surface area contributed by atoms with Crippen LogP contribution in [0.25, 0.3) is 0 Å². The number of hydrogen-bond acceptors (Lipinski definition) is 3. The molecule has 1 saturated heterocycles. The van der Waals surface area contributed by atoms with Crippen molar-refractivity contribution in [2.45, 2.75) is 19.4 Å². The fourth-order valence-corrected chi connectivity index (χ4v) is 2.42. The number of hydrogen-bond donors (Lipinski definition) is 1. The van der Waals surface area contributed by atoms with Crippen LogP contribution in [0.4, 0.5) is 11.4 Å². The van der Waals surface area contributed by atoms with E-state index in [-0.39, 0.29) is 0 Å². The van der Waals surface area contributed by atoms with Gasteiger partial charge in [-0.25, -0.2) is 0 Å². The normalized spacial score (nSPS) is 19.7. The Balaban J connectivity index is 2.05. The smallest absolute Gasteiger partial charge is 0.0387 e. The number of nitrogens with zero attached hydrogens (tertiary/aromatic N) is 2. The quantitative estimate of drug-likeness (QED) is 0.857. The van der Waals surface area contributed by atoms with Crippen molar-refractivity contribution < 1.29 is 0 Å². The molecule has 0 aromatic heterocycles. The predicted molar refractivity (Wildman–Crippen MR) is 75.1 cm³/mol. The van der Waals surface area contributed by atoms with Crippen LogP contribution in [0.2, 0.25) is 0 Å². The van der Waals surface area contributed by atoms with E-state index in [1.807, 2.05) is 0 Å². The van der Waals surface area contributed by atoms with Gasteiger partial charge < -0.3 is 15.1 Å². The first-order chi connectivity index (χ1) is 8.20. The van der Waals surface area contributed by atoms with Gasteiger partial charge in [0.1, 0.15) is 0 Å². The van der Waals surface area contributed by atoms with Crippen molar-refractivity contribution in [2.24, 2.45) is 0 Å². The summed E-state index contributed by atoms with van der Waals surface area (Å²) in [4.78, 5) is 4.63. The van der Waals surface area contributed by atoms with Crippen LogP contribution in [0.15, 0.2) is 24.3 Å². The molecule has 0 spiro atoms. The molecule has 94 valence electrons. The van der Waals surface area contributed by atoms with Crippen LogP contribution < -0.4 is 15.1 Å². The van der Waals surface area contributed by atoms with E-state index in [9.17, 15) is 0 Å². The number of likely N-dealkylation sites (N-methyl/N-ethyl adjacent to an activating group) is 1. The van der Waals surface area contributed by atoms with Gasteiger partial charge in [0.15, 0.2) is 0 Å². The minimum atomic E-state index is 0.656. The van der Waals surface area contributed by atoms with E-state index in [2.05, 4.69) is 60.4 Å². The van der Waals surface area contributed by atoms with Gasteiger partial charge in [-0.1, -0.05) is 13.0 Å². The molecule has 3 heteroatoms. The molecule has 1 aromatic rings. The molecule has 1 aromatic carbocycles.